The first-order valence-electron chi connectivity index (χ1n) is 5.32. The van der Waals surface area contributed by atoms with Crippen molar-refractivity contribution in [3.63, 3.8) is 0 Å². The molecule has 0 radical (unpaired) electrons. The molecule has 0 aromatic rings. The summed E-state index contributed by atoms with van der Waals surface area (Å²) in [6.45, 7) is 7.51. The van der Waals surface area contributed by atoms with Gasteiger partial charge in [0.25, 0.3) is 0 Å². The summed E-state index contributed by atoms with van der Waals surface area (Å²) in [5, 5.41) is 7.06. The smallest absolute Gasteiger partial charge is 0.0197 e. The normalized spacial score (nSPS) is 24.7. The molecule has 3 nitrogen and oxygen atoms in total. The number of hydrogen-bond acceptors (Lipinski definition) is 3. The van der Waals surface area contributed by atoms with Crippen molar-refractivity contribution in [2.45, 2.75) is 44.7 Å². The minimum Gasteiger partial charge on any atom is -0.330 e. The highest BCUT2D eigenvalue weighted by molar-refractivity contribution is 4.85. The van der Waals surface area contributed by atoms with Crippen molar-refractivity contribution in [1.29, 1.82) is 0 Å². The standard InChI is InChI=1S/C10H23N3/c1-10(2,5-6-11)13-9-4-3-7-12-8-9/h9,12-13H,3-8,11H2,1-2H3. The molecular formula is C10H23N3. The van der Waals surface area contributed by atoms with Gasteiger partial charge in [-0.15, -0.1) is 0 Å². The number of nitrogens with one attached hydrogen (secondary N) is 2. The van der Waals surface area contributed by atoms with Gasteiger partial charge in [0.15, 0.2) is 0 Å². The van der Waals surface area contributed by atoms with Gasteiger partial charge >= 0.3 is 0 Å². The fourth-order valence-electron chi connectivity index (χ4n) is 1.96. The zero-order chi connectivity index (χ0) is 9.73. The Labute approximate surface area is 81.5 Å². The van der Waals surface area contributed by atoms with E-state index < -0.39 is 0 Å². The van der Waals surface area contributed by atoms with Gasteiger partial charge in [-0.2, -0.15) is 0 Å². The molecule has 0 aliphatic carbocycles. The van der Waals surface area contributed by atoms with E-state index in [9.17, 15) is 0 Å². The van der Waals surface area contributed by atoms with Crippen LogP contribution in [0.25, 0.3) is 0 Å². The molecule has 1 heterocycles. The Bertz CT molecular complexity index is 139. The summed E-state index contributed by atoms with van der Waals surface area (Å²) in [6.07, 6.45) is 3.63. The van der Waals surface area contributed by atoms with Gasteiger partial charge in [0.1, 0.15) is 0 Å². The van der Waals surface area contributed by atoms with E-state index in [-0.39, 0.29) is 5.54 Å². The van der Waals surface area contributed by atoms with Crippen LogP contribution in [0.15, 0.2) is 0 Å². The van der Waals surface area contributed by atoms with Crippen LogP contribution in [0.3, 0.4) is 0 Å². The molecule has 0 aromatic carbocycles. The lowest BCUT2D eigenvalue weighted by atomic mass is 9.97. The Morgan fingerprint density at radius 2 is 2.31 bits per heavy atom. The molecule has 1 saturated heterocycles. The second-order valence-electron chi connectivity index (χ2n) is 4.61. The third-order valence-electron chi connectivity index (χ3n) is 2.66. The van der Waals surface area contributed by atoms with Gasteiger partial charge in [-0.05, 0) is 46.2 Å². The summed E-state index contributed by atoms with van der Waals surface area (Å²) in [6, 6.07) is 0.635. The van der Waals surface area contributed by atoms with Crippen molar-refractivity contribution in [2.24, 2.45) is 5.73 Å². The molecule has 0 aromatic heterocycles. The molecule has 1 fully saturated rings. The molecule has 1 atom stereocenters. The van der Waals surface area contributed by atoms with Gasteiger partial charge in [-0.1, -0.05) is 0 Å². The van der Waals surface area contributed by atoms with Crippen LogP contribution in [0.4, 0.5) is 0 Å². The molecule has 4 N–H and O–H groups in total. The average Bonchev–Trinajstić information content (AvgIpc) is 2.04. The van der Waals surface area contributed by atoms with E-state index in [0.29, 0.717) is 6.04 Å². The van der Waals surface area contributed by atoms with Crippen LogP contribution in [0.5, 0.6) is 0 Å². The molecule has 0 saturated carbocycles. The topological polar surface area (TPSA) is 50.1 Å². The Morgan fingerprint density at radius 3 is 2.85 bits per heavy atom. The minimum atomic E-state index is 0.193. The van der Waals surface area contributed by atoms with Gasteiger partial charge in [0, 0.05) is 18.1 Å². The van der Waals surface area contributed by atoms with Crippen LogP contribution in [-0.2, 0) is 0 Å². The third kappa shape index (κ3) is 4.07. The summed E-state index contributed by atoms with van der Waals surface area (Å²) >= 11 is 0. The molecule has 1 aliphatic rings. The van der Waals surface area contributed by atoms with Crippen molar-refractivity contribution in [3.8, 4) is 0 Å². The maximum absolute atomic E-state index is 5.56. The van der Waals surface area contributed by atoms with E-state index in [0.717, 1.165) is 19.5 Å². The molecule has 0 spiro atoms. The number of rotatable bonds is 4. The van der Waals surface area contributed by atoms with Crippen LogP contribution >= 0.6 is 0 Å². The lowest BCUT2D eigenvalue weighted by molar-refractivity contribution is 0.280. The first kappa shape index (κ1) is 11.0. The van der Waals surface area contributed by atoms with E-state index in [1.54, 1.807) is 0 Å². The quantitative estimate of drug-likeness (QED) is 0.596. The molecule has 78 valence electrons. The lowest BCUT2D eigenvalue weighted by Gasteiger charge is -2.34. The monoisotopic (exact) mass is 185 g/mol. The highest BCUT2D eigenvalue weighted by atomic mass is 15.0. The largest absolute Gasteiger partial charge is 0.330 e. The summed E-state index contributed by atoms with van der Waals surface area (Å²) in [5.74, 6) is 0. The fourth-order valence-corrected chi connectivity index (χ4v) is 1.96. The van der Waals surface area contributed by atoms with Gasteiger partial charge in [0.05, 0.1) is 0 Å². The zero-order valence-corrected chi connectivity index (χ0v) is 8.90. The summed E-state index contributed by atoms with van der Waals surface area (Å²) in [4.78, 5) is 0. The molecule has 3 heteroatoms. The molecule has 0 bridgehead atoms. The highest BCUT2D eigenvalue weighted by Gasteiger charge is 2.22. The Balaban J connectivity index is 2.28. The minimum absolute atomic E-state index is 0.193. The third-order valence-corrected chi connectivity index (χ3v) is 2.66. The number of hydrogen-bond donors (Lipinski definition) is 3. The lowest BCUT2D eigenvalue weighted by Crippen LogP contribution is -2.52. The first-order chi connectivity index (χ1) is 6.14. The zero-order valence-electron chi connectivity index (χ0n) is 8.90. The van der Waals surface area contributed by atoms with Gasteiger partial charge in [-0.25, -0.2) is 0 Å². The molecule has 0 amide bonds. The molecule has 13 heavy (non-hydrogen) atoms. The second kappa shape index (κ2) is 4.94. The highest BCUT2D eigenvalue weighted by Crippen LogP contribution is 2.11. The summed E-state index contributed by atoms with van der Waals surface area (Å²) in [5.41, 5.74) is 5.76. The van der Waals surface area contributed by atoms with E-state index >= 15 is 0 Å². The van der Waals surface area contributed by atoms with Crippen molar-refractivity contribution in [1.82, 2.24) is 10.6 Å². The summed E-state index contributed by atoms with van der Waals surface area (Å²) in [7, 11) is 0. The predicted molar refractivity (Wildman–Crippen MR) is 56.8 cm³/mol. The van der Waals surface area contributed by atoms with Crippen LogP contribution < -0.4 is 16.4 Å². The fraction of sp³-hybridized carbons (Fsp3) is 1.00. The van der Waals surface area contributed by atoms with Crippen LogP contribution in [-0.4, -0.2) is 31.2 Å². The van der Waals surface area contributed by atoms with Crippen LogP contribution in [0.1, 0.15) is 33.1 Å². The SMILES string of the molecule is CC(C)(CCN)NC1CCCNC1. The Hall–Kier alpha value is -0.120. The number of piperidine rings is 1. The average molecular weight is 185 g/mol. The van der Waals surface area contributed by atoms with E-state index in [4.69, 9.17) is 5.73 Å². The van der Waals surface area contributed by atoms with Gasteiger partial charge < -0.3 is 16.4 Å². The van der Waals surface area contributed by atoms with Crippen LogP contribution in [0.2, 0.25) is 0 Å². The van der Waals surface area contributed by atoms with Crippen molar-refractivity contribution in [2.75, 3.05) is 19.6 Å². The van der Waals surface area contributed by atoms with Crippen LogP contribution in [0, 0.1) is 0 Å². The Morgan fingerprint density at radius 1 is 1.54 bits per heavy atom. The van der Waals surface area contributed by atoms with Crippen molar-refractivity contribution < 1.29 is 0 Å². The molecule has 1 rings (SSSR count). The van der Waals surface area contributed by atoms with Crippen molar-refractivity contribution >= 4 is 0 Å². The Kier molecular flexibility index (Phi) is 4.16. The van der Waals surface area contributed by atoms with Crippen molar-refractivity contribution in [3.05, 3.63) is 0 Å². The van der Waals surface area contributed by atoms with E-state index in [1.807, 2.05) is 0 Å². The van der Waals surface area contributed by atoms with E-state index in [1.165, 1.54) is 19.4 Å². The first-order valence-corrected chi connectivity index (χ1v) is 5.32. The second-order valence-corrected chi connectivity index (χ2v) is 4.61. The van der Waals surface area contributed by atoms with Gasteiger partial charge in [-0.3, -0.25) is 0 Å². The van der Waals surface area contributed by atoms with E-state index in [2.05, 4.69) is 24.5 Å². The summed E-state index contributed by atoms with van der Waals surface area (Å²) < 4.78 is 0. The number of nitrogens with two attached hydrogens (primary N) is 1. The maximum Gasteiger partial charge on any atom is 0.0197 e. The van der Waals surface area contributed by atoms with Gasteiger partial charge in [0.2, 0.25) is 0 Å². The molecular weight excluding hydrogens is 162 g/mol. The molecule has 1 aliphatic heterocycles. The predicted octanol–water partition coefficient (Wildman–Crippen LogP) is 0.455. The maximum atomic E-state index is 5.56. The molecule has 1 unspecified atom stereocenters.